The van der Waals surface area contributed by atoms with Gasteiger partial charge in [-0.3, -0.25) is 0 Å². The van der Waals surface area contributed by atoms with E-state index in [1.807, 2.05) is 0 Å². The summed E-state index contributed by atoms with van der Waals surface area (Å²) in [6, 6.07) is 0. The maximum Gasteiger partial charge on any atom is 0.0127 e. The Balaban J connectivity index is 2.30. The molecule has 0 amide bonds. The van der Waals surface area contributed by atoms with Gasteiger partial charge in [0.15, 0.2) is 0 Å². The summed E-state index contributed by atoms with van der Waals surface area (Å²) in [6.45, 7) is 20.5. The molecule has 0 aliphatic heterocycles. The highest BCUT2D eigenvalue weighted by atomic mass is 14.4. The second-order valence-corrected chi connectivity index (χ2v) is 8.62. The van der Waals surface area contributed by atoms with E-state index in [9.17, 15) is 0 Å². The molecule has 0 heterocycles. The van der Waals surface area contributed by atoms with Crippen LogP contribution in [0.4, 0.5) is 0 Å². The average Bonchev–Trinajstić information content (AvgIpc) is 2.45. The summed E-state index contributed by atoms with van der Waals surface area (Å²) in [5.41, 5.74) is 6.22. The summed E-state index contributed by atoms with van der Waals surface area (Å²) < 4.78 is 0. The molecule has 0 aromatic heterocycles. The van der Waals surface area contributed by atoms with Gasteiger partial charge in [-0.1, -0.05) is 88.3 Å². The quantitative estimate of drug-likeness (QED) is 0.489. The van der Waals surface area contributed by atoms with Crippen LogP contribution in [0.2, 0.25) is 0 Å². The van der Waals surface area contributed by atoms with E-state index in [4.69, 9.17) is 0 Å². The van der Waals surface area contributed by atoms with Crippen molar-refractivity contribution in [1.82, 2.24) is 0 Å². The van der Waals surface area contributed by atoms with Gasteiger partial charge in [-0.2, -0.15) is 0 Å². The van der Waals surface area contributed by atoms with E-state index in [1.165, 1.54) is 16.7 Å². The van der Waals surface area contributed by atoms with Gasteiger partial charge in [0.25, 0.3) is 0 Å². The summed E-state index contributed by atoms with van der Waals surface area (Å²) >= 11 is 0. The molecule has 0 spiro atoms. The summed E-state index contributed by atoms with van der Waals surface area (Å²) in [4.78, 5) is 0. The minimum Gasteiger partial charge on any atom is -0.0993 e. The average molecular weight is 311 g/mol. The highest BCUT2D eigenvalue weighted by Crippen LogP contribution is 2.48. The lowest BCUT2D eigenvalue weighted by Crippen LogP contribution is -2.29. The summed E-state index contributed by atoms with van der Waals surface area (Å²) in [5, 5.41) is 0. The molecule has 0 nitrogen and oxygen atoms in total. The largest absolute Gasteiger partial charge is 0.0993 e. The minimum atomic E-state index is 0.106. The van der Waals surface area contributed by atoms with Gasteiger partial charge < -0.3 is 0 Å². The topological polar surface area (TPSA) is 0 Å². The van der Waals surface area contributed by atoms with Gasteiger partial charge in [0.1, 0.15) is 0 Å². The van der Waals surface area contributed by atoms with E-state index in [0.29, 0.717) is 17.3 Å². The highest BCUT2D eigenvalue weighted by molar-refractivity contribution is 5.41. The Morgan fingerprint density at radius 2 is 1.78 bits per heavy atom. The molecule has 3 unspecified atom stereocenters. The molecule has 0 fully saturated rings. The van der Waals surface area contributed by atoms with Crippen molar-refractivity contribution in [2.75, 3.05) is 0 Å². The van der Waals surface area contributed by atoms with Crippen LogP contribution >= 0.6 is 0 Å². The molecule has 126 valence electrons. The Kier molecular flexibility index (Phi) is 4.95. The van der Waals surface area contributed by atoms with Crippen molar-refractivity contribution in [2.24, 2.45) is 22.7 Å². The van der Waals surface area contributed by atoms with Crippen LogP contribution in [-0.4, -0.2) is 0 Å². The number of rotatable bonds is 4. The number of hydrogen-bond acceptors (Lipinski definition) is 0. The van der Waals surface area contributed by atoms with E-state index >= 15 is 0 Å². The van der Waals surface area contributed by atoms with Gasteiger partial charge in [-0.25, -0.2) is 0 Å². The Labute approximate surface area is 143 Å². The third-order valence-electron chi connectivity index (χ3n) is 6.16. The molecule has 0 heteroatoms. The third kappa shape index (κ3) is 3.47. The first-order valence-electron chi connectivity index (χ1n) is 9.01. The normalized spacial score (nSPS) is 29.3. The lowest BCUT2D eigenvalue weighted by molar-refractivity contribution is 0.373. The third-order valence-corrected chi connectivity index (χ3v) is 6.16. The molecule has 0 aromatic carbocycles. The molecule has 23 heavy (non-hydrogen) atoms. The fourth-order valence-corrected chi connectivity index (χ4v) is 4.20. The first-order valence-corrected chi connectivity index (χ1v) is 9.01. The second-order valence-electron chi connectivity index (χ2n) is 8.62. The summed E-state index contributed by atoms with van der Waals surface area (Å²) in [6.07, 6.45) is 14.0. The predicted octanol–water partition coefficient (Wildman–Crippen LogP) is 7.03. The zero-order chi connectivity index (χ0) is 17.4. The summed E-state index contributed by atoms with van der Waals surface area (Å²) in [7, 11) is 0. The van der Waals surface area contributed by atoms with Gasteiger partial charge in [0, 0.05) is 5.41 Å². The number of hydrogen-bond donors (Lipinski definition) is 0. The number of allylic oxidation sites excluding steroid dienone is 9. The molecule has 2 rings (SSSR count). The van der Waals surface area contributed by atoms with Crippen LogP contribution < -0.4 is 0 Å². The molecule has 0 saturated carbocycles. The van der Waals surface area contributed by atoms with Crippen molar-refractivity contribution in [3.63, 3.8) is 0 Å². The van der Waals surface area contributed by atoms with Crippen molar-refractivity contribution >= 4 is 0 Å². The Hall–Kier alpha value is -1.30. The van der Waals surface area contributed by atoms with Crippen molar-refractivity contribution in [3.05, 3.63) is 59.3 Å². The Morgan fingerprint density at radius 3 is 2.35 bits per heavy atom. The van der Waals surface area contributed by atoms with E-state index < -0.39 is 0 Å². The Bertz CT molecular complexity index is 606. The van der Waals surface area contributed by atoms with Crippen molar-refractivity contribution in [2.45, 2.75) is 61.3 Å². The molecule has 0 saturated heterocycles. The van der Waals surface area contributed by atoms with Crippen molar-refractivity contribution < 1.29 is 0 Å². The molecule has 3 atom stereocenters. The van der Waals surface area contributed by atoms with E-state index in [2.05, 4.69) is 85.4 Å². The smallest absolute Gasteiger partial charge is 0.0127 e. The SMILES string of the molecule is C=C(C)C1(C)CC=CC=C1C(C)C(C)C1=CCC(C)(C)C=C1C. The van der Waals surface area contributed by atoms with Crippen LogP contribution in [0.1, 0.15) is 61.3 Å². The molecule has 0 bridgehead atoms. The highest BCUT2D eigenvalue weighted by Gasteiger charge is 2.36. The van der Waals surface area contributed by atoms with E-state index in [0.717, 1.165) is 12.8 Å². The van der Waals surface area contributed by atoms with Gasteiger partial charge in [0.05, 0.1) is 0 Å². The Morgan fingerprint density at radius 1 is 1.13 bits per heavy atom. The maximum atomic E-state index is 4.29. The van der Waals surface area contributed by atoms with Crippen molar-refractivity contribution in [3.8, 4) is 0 Å². The molecular formula is C23H34. The van der Waals surface area contributed by atoms with Crippen LogP contribution in [0.5, 0.6) is 0 Å². The van der Waals surface area contributed by atoms with Crippen LogP contribution in [-0.2, 0) is 0 Å². The van der Waals surface area contributed by atoms with E-state index in [-0.39, 0.29) is 5.41 Å². The van der Waals surface area contributed by atoms with E-state index in [1.54, 1.807) is 5.57 Å². The second kappa shape index (κ2) is 6.30. The molecular weight excluding hydrogens is 276 g/mol. The fraction of sp³-hybridized carbons (Fsp3) is 0.565. The fourth-order valence-electron chi connectivity index (χ4n) is 4.20. The first-order chi connectivity index (χ1) is 10.6. The zero-order valence-electron chi connectivity index (χ0n) is 16.2. The molecule has 0 aromatic rings. The molecule has 2 aliphatic carbocycles. The van der Waals surface area contributed by atoms with Crippen LogP contribution in [0.25, 0.3) is 0 Å². The lowest BCUT2D eigenvalue weighted by atomic mass is 9.64. The van der Waals surface area contributed by atoms with Crippen molar-refractivity contribution in [1.29, 1.82) is 0 Å². The van der Waals surface area contributed by atoms with Crippen LogP contribution in [0.15, 0.2) is 59.3 Å². The lowest BCUT2D eigenvalue weighted by Gasteiger charge is -2.41. The van der Waals surface area contributed by atoms with Gasteiger partial charge in [-0.15, -0.1) is 0 Å². The minimum absolute atomic E-state index is 0.106. The first kappa shape index (κ1) is 18.0. The molecule has 2 aliphatic rings. The van der Waals surface area contributed by atoms with Gasteiger partial charge >= 0.3 is 0 Å². The molecule has 0 radical (unpaired) electrons. The van der Waals surface area contributed by atoms with Crippen LogP contribution in [0, 0.1) is 22.7 Å². The summed E-state index contributed by atoms with van der Waals surface area (Å²) in [5.74, 6) is 1.07. The zero-order valence-corrected chi connectivity index (χ0v) is 16.2. The maximum absolute atomic E-state index is 4.29. The van der Waals surface area contributed by atoms with Gasteiger partial charge in [-0.05, 0) is 49.5 Å². The molecule has 0 N–H and O–H groups in total. The monoisotopic (exact) mass is 310 g/mol. The standard InChI is InChI=1S/C23H34/c1-16(2)23(8)13-10-9-11-21(23)19(5)18(4)20-12-14-22(6,7)15-17(20)3/h9-12,15,18-19H,1,13-14H2,2-8H3. The van der Waals surface area contributed by atoms with Gasteiger partial charge in [0.2, 0.25) is 0 Å². The predicted molar refractivity (Wildman–Crippen MR) is 103 cm³/mol. The van der Waals surface area contributed by atoms with Crippen LogP contribution in [0.3, 0.4) is 0 Å².